The van der Waals surface area contributed by atoms with Gasteiger partial charge in [-0.05, 0) is 204 Å². The number of hydrogen-bond acceptors (Lipinski definition) is 10. The molecule has 8 rings (SSSR count). The van der Waals surface area contributed by atoms with Crippen LogP contribution in [0, 0.1) is 58.2 Å². The van der Waals surface area contributed by atoms with Crippen molar-refractivity contribution in [3.63, 3.8) is 0 Å². The number of aromatic carboxylic acids is 4. The minimum Gasteiger partial charge on any atom is -0.545 e. The average Bonchev–Trinajstić information content (AvgIpc) is 3.71. The van der Waals surface area contributed by atoms with E-state index in [2.05, 4.69) is 34.6 Å². The number of ether oxygens (including phenoxy) is 2. The van der Waals surface area contributed by atoms with Gasteiger partial charge in [0.1, 0.15) is 24.7 Å². The van der Waals surface area contributed by atoms with Crippen LogP contribution >= 0.6 is 23.2 Å². The van der Waals surface area contributed by atoms with Crippen LogP contribution in [0.25, 0.3) is 5.57 Å². The van der Waals surface area contributed by atoms with Gasteiger partial charge in [-0.2, -0.15) is 0 Å². The molecule has 0 heterocycles. The Balaban J connectivity index is 0.00000320. The summed E-state index contributed by atoms with van der Waals surface area (Å²) in [5.41, 5.74) is 1.87. The molecule has 0 aliphatic heterocycles. The number of halogens is 2. The molecule has 9 atom stereocenters. The first-order valence-electron chi connectivity index (χ1n) is 26.4. The topological polar surface area (TPSA) is 179 Å². The van der Waals surface area contributed by atoms with Crippen LogP contribution in [0.15, 0.2) is 78.9 Å². The molecule has 4 saturated carbocycles. The van der Waals surface area contributed by atoms with Crippen molar-refractivity contribution in [3.8, 4) is 11.5 Å². The van der Waals surface area contributed by atoms with E-state index in [0.717, 1.165) is 54.8 Å². The van der Waals surface area contributed by atoms with Gasteiger partial charge in [0.2, 0.25) is 0 Å². The molecule has 0 saturated heterocycles. The minimum atomic E-state index is -1.58. The first-order valence-corrected chi connectivity index (χ1v) is 27.2. The van der Waals surface area contributed by atoms with Crippen LogP contribution in [-0.2, 0) is 13.2 Å². The number of benzene rings is 4. The van der Waals surface area contributed by atoms with E-state index in [0.29, 0.717) is 56.9 Å². The third-order valence-electron chi connectivity index (χ3n) is 18.1. The van der Waals surface area contributed by atoms with Crippen molar-refractivity contribution in [1.82, 2.24) is 0 Å². The molecule has 4 aliphatic rings. The number of allylic oxidation sites excluding steroid dienone is 1. The molecule has 4 fully saturated rings. The van der Waals surface area contributed by atoms with Gasteiger partial charge in [0.15, 0.2) is 0 Å². The van der Waals surface area contributed by atoms with Gasteiger partial charge in [-0.3, -0.25) is 0 Å². The fourth-order valence-electron chi connectivity index (χ4n) is 14.5. The SMILES string of the molecule is CC(C)CCC[C@@H](C)[C@H]1CC[C@H]2[C@@H]3CCC4C[C@@H](CCC=C(c5cc(Cl)c(OCc6cccc(C(=O)[O-])c6)c(C(=O)[O-])c5)c5cc(Cl)c(OCc6cccc(C(=O)[O-])c6)c(C(=O)[O-])c5)CC[C@]4(C)[C@H]3CC[C@]12C.[Na+].[Na+].[Na+].[Na+]. The number of carbonyl (C=O) groups is 4. The van der Waals surface area contributed by atoms with Crippen molar-refractivity contribution in [2.75, 3.05) is 0 Å². The van der Waals surface area contributed by atoms with E-state index < -0.39 is 23.9 Å². The normalized spacial score (nSPS) is 24.4. The first kappa shape index (κ1) is 68.2. The van der Waals surface area contributed by atoms with Crippen LogP contribution in [0.1, 0.15) is 188 Å². The molecule has 0 amide bonds. The summed E-state index contributed by atoms with van der Waals surface area (Å²) in [5, 5.41) is 48.5. The van der Waals surface area contributed by atoms with Crippen LogP contribution in [-0.4, -0.2) is 23.9 Å². The van der Waals surface area contributed by atoms with Crippen molar-refractivity contribution in [3.05, 3.63) is 133 Å². The van der Waals surface area contributed by atoms with E-state index in [1.165, 1.54) is 125 Å². The molecule has 0 radical (unpaired) electrons. The Labute approximate surface area is 554 Å². The first-order chi connectivity index (χ1) is 34.8. The zero-order chi connectivity index (χ0) is 52.4. The van der Waals surface area contributed by atoms with Crippen LogP contribution in [0.5, 0.6) is 11.5 Å². The van der Waals surface area contributed by atoms with E-state index in [1.807, 2.05) is 6.08 Å². The van der Waals surface area contributed by atoms with Crippen LogP contribution in [0.4, 0.5) is 0 Å². The van der Waals surface area contributed by atoms with Crippen molar-refractivity contribution < 1.29 is 167 Å². The van der Waals surface area contributed by atoms with E-state index in [4.69, 9.17) is 32.7 Å². The molecular formula is C61H68Cl2Na4O10. The molecular weight excluding hydrogens is 1060 g/mol. The second-order valence-corrected chi connectivity index (χ2v) is 23.6. The van der Waals surface area contributed by atoms with E-state index in [-0.39, 0.29) is 175 Å². The zero-order valence-electron chi connectivity index (χ0n) is 46.8. The quantitative estimate of drug-likeness (QED) is 0.0955. The third kappa shape index (κ3) is 15.7. The van der Waals surface area contributed by atoms with Gasteiger partial charge < -0.3 is 49.1 Å². The van der Waals surface area contributed by atoms with Crippen molar-refractivity contribution in [2.24, 2.45) is 58.2 Å². The molecule has 0 N–H and O–H groups in total. The Morgan fingerprint density at radius 1 is 0.623 bits per heavy atom. The Bertz CT molecular complexity index is 2640. The maximum Gasteiger partial charge on any atom is 1.00 e. The fourth-order valence-corrected chi connectivity index (χ4v) is 15.0. The maximum atomic E-state index is 12.8. The van der Waals surface area contributed by atoms with Crippen molar-refractivity contribution >= 4 is 52.7 Å². The molecule has 10 nitrogen and oxygen atoms in total. The van der Waals surface area contributed by atoms with E-state index >= 15 is 0 Å². The summed E-state index contributed by atoms with van der Waals surface area (Å²) in [6.07, 6.45) is 18.9. The number of carboxylic acids is 4. The molecule has 16 heteroatoms. The van der Waals surface area contributed by atoms with Gasteiger partial charge in [0.25, 0.3) is 0 Å². The molecule has 4 aliphatic carbocycles. The summed E-state index contributed by atoms with van der Waals surface area (Å²) in [5.74, 6) is -0.417. The van der Waals surface area contributed by atoms with Crippen LogP contribution in [0.2, 0.25) is 10.0 Å². The van der Waals surface area contributed by atoms with Crippen molar-refractivity contribution in [1.29, 1.82) is 0 Å². The molecule has 0 bridgehead atoms. The summed E-state index contributed by atoms with van der Waals surface area (Å²) < 4.78 is 11.8. The fraction of sp³-hybridized carbons (Fsp3) is 0.508. The van der Waals surface area contributed by atoms with Crippen LogP contribution in [0.3, 0.4) is 0 Å². The zero-order valence-corrected chi connectivity index (χ0v) is 56.3. The van der Waals surface area contributed by atoms with Gasteiger partial charge in [0, 0.05) is 11.1 Å². The molecule has 1 unspecified atom stereocenters. The predicted octanol–water partition coefficient (Wildman–Crippen LogP) is -1.43. The largest absolute Gasteiger partial charge is 1.00 e. The van der Waals surface area contributed by atoms with Crippen LogP contribution < -0.4 is 148 Å². The van der Waals surface area contributed by atoms with Gasteiger partial charge in [-0.15, -0.1) is 0 Å². The summed E-state index contributed by atoms with van der Waals surface area (Å²) in [6, 6.07) is 17.5. The summed E-state index contributed by atoms with van der Waals surface area (Å²) in [4.78, 5) is 48.7. The summed E-state index contributed by atoms with van der Waals surface area (Å²) >= 11 is 13.7. The number of fused-ring (bicyclic) bond motifs is 5. The molecule has 77 heavy (non-hydrogen) atoms. The Hall–Kier alpha value is -1.32. The molecule has 4 aromatic carbocycles. The average molecular weight is 1120 g/mol. The predicted molar refractivity (Wildman–Crippen MR) is 275 cm³/mol. The second kappa shape index (κ2) is 29.8. The Kier molecular flexibility index (Phi) is 26.4. The monoisotopic (exact) mass is 1120 g/mol. The number of rotatable bonds is 20. The summed E-state index contributed by atoms with van der Waals surface area (Å²) in [6.45, 7) is 12.1. The maximum absolute atomic E-state index is 12.8. The van der Waals surface area contributed by atoms with E-state index in [9.17, 15) is 39.6 Å². The third-order valence-corrected chi connectivity index (χ3v) is 18.7. The van der Waals surface area contributed by atoms with Gasteiger partial charge in [-0.25, -0.2) is 0 Å². The molecule has 0 spiro atoms. The molecule has 4 aromatic rings. The van der Waals surface area contributed by atoms with E-state index in [1.54, 1.807) is 12.1 Å². The van der Waals surface area contributed by atoms with Gasteiger partial charge in [-0.1, -0.05) is 120 Å². The van der Waals surface area contributed by atoms with Gasteiger partial charge in [0.05, 0.1) is 33.9 Å². The molecule has 0 aromatic heterocycles. The smallest absolute Gasteiger partial charge is 0.545 e. The summed E-state index contributed by atoms with van der Waals surface area (Å²) in [7, 11) is 0. The Morgan fingerprint density at radius 3 is 1.65 bits per heavy atom. The molecule has 390 valence electrons. The second-order valence-electron chi connectivity index (χ2n) is 22.8. The number of carboxylic acid groups (broad SMARTS) is 4. The number of carbonyl (C=O) groups excluding carboxylic acids is 4. The van der Waals surface area contributed by atoms with Crippen molar-refractivity contribution in [2.45, 2.75) is 138 Å². The Morgan fingerprint density at radius 2 is 1.14 bits per heavy atom. The minimum absolute atomic E-state index is 0. The standard InChI is InChI=1S/C61H72Cl2O10.4Na/c1-35(2)10-6-11-36(3)49-20-21-50-46-19-18-44-28-37(22-24-60(44,4)51(46)23-25-61(49,50)5)12-9-17-45(42-29-47(58(68)69)54(52(62)31-42)72-33-38-13-7-15-40(26-38)56(64)65)43-30-48(59(70)71)55(53(63)32-43)73-34-39-14-8-16-41(27-39)57(66)67;;;;/h7-8,13-17,26-27,29-32,35-37,44,46,49-51H,6,9-12,18-25,28,33-34H2,1-5H3,(H,64,65)(H,66,67)(H,68,69)(H,70,71);;;;/q;4*+1/p-4/t36-,37+,44?,46+,49-,50+,51+,60+,61-;;;;/m1..../s1. The number of hydrogen-bond donors (Lipinski definition) is 0. The van der Waals surface area contributed by atoms with Gasteiger partial charge >= 0.3 is 118 Å².